The van der Waals surface area contributed by atoms with Crippen LogP contribution in [0.3, 0.4) is 0 Å². The number of nitro groups is 1. The number of benzene rings is 1. The molecule has 0 saturated heterocycles. The summed E-state index contributed by atoms with van der Waals surface area (Å²) in [6.45, 7) is 1.82. The molecule has 7 heteroatoms. The molecule has 1 atom stereocenters. The van der Waals surface area contributed by atoms with Crippen molar-refractivity contribution in [1.29, 1.82) is 0 Å². The molecule has 1 aliphatic rings. The summed E-state index contributed by atoms with van der Waals surface area (Å²) in [7, 11) is 0. The lowest BCUT2D eigenvalue weighted by Crippen LogP contribution is -2.03. The number of carbonyl (C=O) groups excluding carboxylic acids is 1. The van der Waals surface area contributed by atoms with Gasteiger partial charge < -0.3 is 14.2 Å². The van der Waals surface area contributed by atoms with Crippen molar-refractivity contribution >= 4 is 12.2 Å². The first-order chi connectivity index (χ1) is 8.13. The molecule has 2 rings (SSSR count). The quantitative estimate of drug-likeness (QED) is 0.450. The van der Waals surface area contributed by atoms with Crippen molar-refractivity contribution in [3.05, 3.63) is 27.8 Å². The molecule has 90 valence electrons. The largest absolute Gasteiger partial charge is 0.460 e. The molecule has 0 amide bonds. The summed E-state index contributed by atoms with van der Waals surface area (Å²) >= 11 is 0. The number of nitro benzene ring substituents is 1. The van der Waals surface area contributed by atoms with Crippen LogP contribution in [0.1, 0.15) is 18.6 Å². The van der Waals surface area contributed by atoms with Crippen LogP contribution in [-0.2, 0) is 9.53 Å². The van der Waals surface area contributed by atoms with Gasteiger partial charge in [0.25, 0.3) is 12.2 Å². The van der Waals surface area contributed by atoms with Crippen LogP contribution in [0, 0.1) is 10.1 Å². The van der Waals surface area contributed by atoms with Crippen molar-refractivity contribution in [3.8, 4) is 11.5 Å². The van der Waals surface area contributed by atoms with Gasteiger partial charge in [-0.2, -0.15) is 0 Å². The minimum absolute atomic E-state index is 0.0266. The van der Waals surface area contributed by atoms with Crippen molar-refractivity contribution in [1.82, 2.24) is 0 Å². The van der Waals surface area contributed by atoms with Crippen LogP contribution >= 0.6 is 0 Å². The average molecular weight is 239 g/mol. The molecule has 0 saturated carbocycles. The Hall–Kier alpha value is -2.31. The lowest BCUT2D eigenvalue weighted by Gasteiger charge is -2.10. The maximum Gasteiger partial charge on any atom is 0.293 e. The molecule has 1 aromatic rings. The Morgan fingerprint density at radius 3 is 2.71 bits per heavy atom. The highest BCUT2D eigenvalue weighted by atomic mass is 16.7. The number of hydrogen-bond donors (Lipinski definition) is 0. The van der Waals surface area contributed by atoms with Crippen LogP contribution in [-0.4, -0.2) is 18.2 Å². The molecule has 0 aliphatic carbocycles. The Labute approximate surface area is 96.0 Å². The highest BCUT2D eigenvalue weighted by Crippen LogP contribution is 2.40. The molecule has 7 nitrogen and oxygen atoms in total. The van der Waals surface area contributed by atoms with E-state index in [1.54, 1.807) is 6.92 Å². The van der Waals surface area contributed by atoms with Crippen LogP contribution in [0.25, 0.3) is 0 Å². The van der Waals surface area contributed by atoms with E-state index in [-0.39, 0.29) is 24.5 Å². The molecule has 17 heavy (non-hydrogen) atoms. The first-order valence-corrected chi connectivity index (χ1v) is 4.80. The molecule has 0 radical (unpaired) electrons. The van der Waals surface area contributed by atoms with Gasteiger partial charge >= 0.3 is 0 Å². The van der Waals surface area contributed by atoms with E-state index in [4.69, 9.17) is 14.2 Å². The summed E-state index contributed by atoms with van der Waals surface area (Å²) in [5, 5.41) is 10.9. The second kappa shape index (κ2) is 4.28. The van der Waals surface area contributed by atoms with Gasteiger partial charge in [-0.05, 0) is 13.0 Å². The molecular weight excluding hydrogens is 230 g/mol. The highest BCUT2D eigenvalue weighted by molar-refractivity contribution is 5.56. The minimum Gasteiger partial charge on any atom is -0.460 e. The molecule has 0 N–H and O–H groups in total. The van der Waals surface area contributed by atoms with Gasteiger partial charge in [-0.1, -0.05) is 0 Å². The third-order valence-electron chi connectivity index (χ3n) is 2.42. The highest BCUT2D eigenvalue weighted by Gasteiger charge is 2.26. The van der Waals surface area contributed by atoms with Crippen LogP contribution in [0.4, 0.5) is 5.69 Å². The maximum atomic E-state index is 10.9. The summed E-state index contributed by atoms with van der Waals surface area (Å²) in [6.07, 6.45) is -0.720. The normalized spacial score (nSPS) is 14.2. The topological polar surface area (TPSA) is 87.9 Å². The molecule has 1 aromatic carbocycles. The first kappa shape index (κ1) is 11.2. The predicted octanol–water partition coefficient (Wildman–Crippen LogP) is 1.56. The van der Waals surface area contributed by atoms with E-state index >= 15 is 0 Å². The molecule has 0 aromatic heterocycles. The van der Waals surface area contributed by atoms with Gasteiger partial charge in [0.15, 0.2) is 11.5 Å². The standard InChI is InChI=1S/C10H9NO6/c1-6(15-4-12)7-2-9-10(17-5-16-9)3-8(7)11(13)14/h2-4,6H,5H2,1H3/t6-/m1/s1. The van der Waals surface area contributed by atoms with E-state index in [0.717, 1.165) is 0 Å². The van der Waals surface area contributed by atoms with E-state index in [2.05, 4.69) is 0 Å². The Morgan fingerprint density at radius 2 is 2.12 bits per heavy atom. The van der Waals surface area contributed by atoms with Gasteiger partial charge in [0.05, 0.1) is 16.6 Å². The molecule has 0 bridgehead atoms. The van der Waals surface area contributed by atoms with Gasteiger partial charge in [-0.15, -0.1) is 0 Å². The molecule has 0 unspecified atom stereocenters. The van der Waals surface area contributed by atoms with Crippen LogP contribution in [0.15, 0.2) is 12.1 Å². The SMILES string of the molecule is C[C@@H](OC=O)c1cc2c(cc1[N+](=O)[O-])OCO2. The van der Waals surface area contributed by atoms with Crippen LogP contribution in [0.5, 0.6) is 11.5 Å². The summed E-state index contributed by atoms with van der Waals surface area (Å²) in [5.74, 6) is 0.728. The van der Waals surface area contributed by atoms with E-state index in [1.165, 1.54) is 12.1 Å². The molecule has 1 heterocycles. The maximum absolute atomic E-state index is 10.9. The zero-order valence-corrected chi connectivity index (χ0v) is 8.91. The van der Waals surface area contributed by atoms with Gasteiger partial charge in [0, 0.05) is 0 Å². The van der Waals surface area contributed by atoms with Gasteiger partial charge in [0.1, 0.15) is 6.10 Å². The number of carbonyl (C=O) groups is 1. The number of rotatable bonds is 4. The molecule has 0 spiro atoms. The second-order valence-corrected chi connectivity index (χ2v) is 3.40. The van der Waals surface area contributed by atoms with Crippen molar-refractivity contribution in [2.45, 2.75) is 13.0 Å². The van der Waals surface area contributed by atoms with Gasteiger partial charge in [0.2, 0.25) is 6.79 Å². The van der Waals surface area contributed by atoms with E-state index in [0.29, 0.717) is 11.5 Å². The zero-order chi connectivity index (χ0) is 12.4. The Balaban J connectivity index is 2.48. The fourth-order valence-electron chi connectivity index (χ4n) is 1.59. The summed E-state index contributed by atoms with van der Waals surface area (Å²) in [6, 6.07) is 2.72. The smallest absolute Gasteiger partial charge is 0.293 e. The van der Waals surface area contributed by atoms with E-state index in [9.17, 15) is 14.9 Å². The average Bonchev–Trinajstić information content (AvgIpc) is 2.74. The van der Waals surface area contributed by atoms with Crippen molar-refractivity contribution in [2.24, 2.45) is 0 Å². The minimum atomic E-state index is -0.720. The first-order valence-electron chi connectivity index (χ1n) is 4.80. The lowest BCUT2D eigenvalue weighted by molar-refractivity contribution is -0.386. The fourth-order valence-corrected chi connectivity index (χ4v) is 1.59. The Morgan fingerprint density at radius 1 is 1.47 bits per heavy atom. The molecule has 0 fully saturated rings. The van der Waals surface area contributed by atoms with Crippen molar-refractivity contribution < 1.29 is 23.9 Å². The van der Waals surface area contributed by atoms with Gasteiger partial charge in [-0.25, -0.2) is 0 Å². The number of ether oxygens (including phenoxy) is 3. The van der Waals surface area contributed by atoms with Crippen molar-refractivity contribution in [2.75, 3.05) is 6.79 Å². The summed E-state index contributed by atoms with van der Waals surface area (Å²) in [5.41, 5.74) is 0.106. The summed E-state index contributed by atoms with van der Waals surface area (Å²) in [4.78, 5) is 20.6. The molecular formula is C10H9NO6. The van der Waals surface area contributed by atoms with E-state index in [1.807, 2.05) is 0 Å². The van der Waals surface area contributed by atoms with Crippen molar-refractivity contribution in [3.63, 3.8) is 0 Å². The van der Waals surface area contributed by atoms with Crippen LogP contribution < -0.4 is 9.47 Å². The fraction of sp³-hybridized carbons (Fsp3) is 0.300. The Kier molecular flexibility index (Phi) is 2.82. The van der Waals surface area contributed by atoms with Gasteiger partial charge in [-0.3, -0.25) is 14.9 Å². The summed E-state index contributed by atoms with van der Waals surface area (Å²) < 4.78 is 14.9. The Bertz CT molecular complexity index is 472. The second-order valence-electron chi connectivity index (χ2n) is 3.40. The third kappa shape index (κ3) is 1.99. The number of hydrogen-bond acceptors (Lipinski definition) is 6. The lowest BCUT2D eigenvalue weighted by atomic mass is 10.1. The van der Waals surface area contributed by atoms with E-state index < -0.39 is 11.0 Å². The monoisotopic (exact) mass is 239 g/mol. The third-order valence-corrected chi connectivity index (χ3v) is 2.42. The van der Waals surface area contributed by atoms with Crippen LogP contribution in [0.2, 0.25) is 0 Å². The number of fused-ring (bicyclic) bond motifs is 1. The molecule has 1 aliphatic heterocycles. The number of nitrogens with zero attached hydrogens (tertiary/aromatic N) is 1. The zero-order valence-electron chi connectivity index (χ0n) is 8.91. The predicted molar refractivity (Wildman–Crippen MR) is 54.8 cm³/mol.